The van der Waals surface area contributed by atoms with Crippen LogP contribution in [-0.4, -0.2) is 16.7 Å². The van der Waals surface area contributed by atoms with Crippen LogP contribution in [0.2, 0.25) is 0 Å². The molecule has 0 aliphatic carbocycles. The van der Waals surface area contributed by atoms with Crippen molar-refractivity contribution in [2.75, 3.05) is 0 Å². The van der Waals surface area contributed by atoms with Crippen LogP contribution in [-0.2, 0) is 0 Å². The molecule has 96 valence electrons. The molecule has 1 aliphatic heterocycles. The summed E-state index contributed by atoms with van der Waals surface area (Å²) in [6.07, 6.45) is -0.653. The first kappa shape index (κ1) is 14.3. The first-order valence-corrected chi connectivity index (χ1v) is 5.57. The van der Waals surface area contributed by atoms with Gasteiger partial charge in [0, 0.05) is 5.56 Å². The number of halogens is 1. The van der Waals surface area contributed by atoms with Crippen molar-refractivity contribution in [1.29, 1.82) is 0 Å². The highest BCUT2D eigenvalue weighted by Gasteiger charge is 2.41. The van der Waals surface area contributed by atoms with Crippen molar-refractivity contribution in [3.8, 4) is 5.75 Å². The number of ether oxygens (including phenoxy) is 1. The standard InChI is InChI=1S/C13H19NO2.ClH/c1-7-5-8(2)10-9(6-7)16-13(3,4)12(14)11(10)15;/h5-6,11-12,15H,14H2,1-4H3;1H. The SMILES string of the molecule is Cc1cc(C)c2c(c1)OC(C)(C)C(N)C2O.Cl. The second-order valence-corrected chi connectivity index (χ2v) is 5.17. The highest BCUT2D eigenvalue weighted by Crippen LogP contribution is 2.40. The fraction of sp³-hybridized carbons (Fsp3) is 0.538. The van der Waals surface area contributed by atoms with E-state index in [4.69, 9.17) is 10.5 Å². The number of aliphatic hydroxyl groups excluding tert-OH is 1. The maximum atomic E-state index is 10.2. The third-order valence-electron chi connectivity index (χ3n) is 3.30. The van der Waals surface area contributed by atoms with Crippen molar-refractivity contribution in [3.63, 3.8) is 0 Å². The van der Waals surface area contributed by atoms with Crippen LogP contribution in [0.3, 0.4) is 0 Å². The van der Waals surface area contributed by atoms with Gasteiger partial charge in [-0.15, -0.1) is 12.4 Å². The number of fused-ring (bicyclic) bond motifs is 1. The molecule has 0 amide bonds. The molecular formula is C13H20ClNO2. The molecule has 1 aliphatic rings. The Morgan fingerprint density at radius 2 is 1.88 bits per heavy atom. The van der Waals surface area contributed by atoms with E-state index >= 15 is 0 Å². The molecule has 0 saturated carbocycles. The van der Waals surface area contributed by atoms with Gasteiger partial charge in [0.15, 0.2) is 0 Å². The molecule has 3 nitrogen and oxygen atoms in total. The zero-order valence-corrected chi connectivity index (χ0v) is 11.5. The maximum absolute atomic E-state index is 10.2. The first-order valence-electron chi connectivity index (χ1n) is 5.57. The molecule has 2 unspecified atom stereocenters. The number of rotatable bonds is 0. The van der Waals surface area contributed by atoms with Crippen LogP contribution >= 0.6 is 12.4 Å². The summed E-state index contributed by atoms with van der Waals surface area (Å²) in [6, 6.07) is 3.59. The van der Waals surface area contributed by atoms with Crippen molar-refractivity contribution in [3.05, 3.63) is 28.8 Å². The maximum Gasteiger partial charge on any atom is 0.126 e. The Hall–Kier alpha value is -0.770. The molecule has 2 rings (SSSR count). The Labute approximate surface area is 108 Å². The average molecular weight is 258 g/mol. The van der Waals surface area contributed by atoms with Crippen LogP contribution in [0.25, 0.3) is 0 Å². The van der Waals surface area contributed by atoms with Crippen molar-refractivity contribution in [2.24, 2.45) is 5.73 Å². The number of hydrogen-bond donors (Lipinski definition) is 2. The molecule has 2 atom stereocenters. The number of benzene rings is 1. The largest absolute Gasteiger partial charge is 0.486 e. The fourth-order valence-corrected chi connectivity index (χ4v) is 2.31. The van der Waals surface area contributed by atoms with Crippen molar-refractivity contribution in [1.82, 2.24) is 0 Å². The molecule has 0 aromatic heterocycles. The van der Waals surface area contributed by atoms with Gasteiger partial charge < -0.3 is 15.6 Å². The molecule has 1 heterocycles. The Bertz CT molecular complexity index is 432. The molecule has 0 spiro atoms. The van der Waals surface area contributed by atoms with Gasteiger partial charge in [-0.2, -0.15) is 0 Å². The van der Waals surface area contributed by atoms with Crippen LogP contribution in [0.5, 0.6) is 5.75 Å². The predicted octanol–water partition coefficient (Wildman–Crippen LogP) is 2.26. The monoisotopic (exact) mass is 257 g/mol. The molecule has 4 heteroatoms. The van der Waals surface area contributed by atoms with Crippen LogP contribution in [0.1, 0.15) is 36.6 Å². The molecule has 17 heavy (non-hydrogen) atoms. The fourth-order valence-electron chi connectivity index (χ4n) is 2.31. The lowest BCUT2D eigenvalue weighted by atomic mass is 9.84. The summed E-state index contributed by atoms with van der Waals surface area (Å²) in [4.78, 5) is 0. The van der Waals surface area contributed by atoms with E-state index in [1.54, 1.807) is 0 Å². The first-order chi connectivity index (χ1) is 7.33. The Kier molecular flexibility index (Phi) is 3.77. The Morgan fingerprint density at radius 1 is 1.29 bits per heavy atom. The van der Waals surface area contributed by atoms with Gasteiger partial charge in [0.25, 0.3) is 0 Å². The minimum absolute atomic E-state index is 0. The van der Waals surface area contributed by atoms with Crippen LogP contribution < -0.4 is 10.5 Å². The highest BCUT2D eigenvalue weighted by molar-refractivity contribution is 5.85. The van der Waals surface area contributed by atoms with Gasteiger partial charge in [-0.1, -0.05) is 6.07 Å². The van der Waals surface area contributed by atoms with E-state index in [9.17, 15) is 5.11 Å². The van der Waals surface area contributed by atoms with Crippen molar-refractivity contribution >= 4 is 12.4 Å². The summed E-state index contributed by atoms with van der Waals surface area (Å²) in [6.45, 7) is 7.80. The van der Waals surface area contributed by atoms with Crippen molar-refractivity contribution in [2.45, 2.75) is 45.4 Å². The lowest BCUT2D eigenvalue weighted by molar-refractivity contribution is -0.0121. The van der Waals surface area contributed by atoms with Gasteiger partial charge in [-0.25, -0.2) is 0 Å². The van der Waals surface area contributed by atoms with E-state index in [2.05, 4.69) is 0 Å². The number of hydrogen-bond acceptors (Lipinski definition) is 3. The van der Waals surface area contributed by atoms with E-state index in [-0.39, 0.29) is 12.4 Å². The summed E-state index contributed by atoms with van der Waals surface area (Å²) in [5, 5.41) is 10.2. The van der Waals surface area contributed by atoms with Crippen LogP contribution in [0, 0.1) is 13.8 Å². The van der Waals surface area contributed by atoms with Crippen LogP contribution in [0.15, 0.2) is 12.1 Å². The summed E-state index contributed by atoms with van der Waals surface area (Å²) >= 11 is 0. The number of nitrogens with two attached hydrogens (primary N) is 1. The quantitative estimate of drug-likeness (QED) is 0.750. The number of aliphatic hydroxyl groups is 1. The average Bonchev–Trinajstić information content (AvgIpc) is 2.12. The van der Waals surface area contributed by atoms with Gasteiger partial charge in [0.1, 0.15) is 17.5 Å². The van der Waals surface area contributed by atoms with Gasteiger partial charge >= 0.3 is 0 Å². The number of aryl methyl sites for hydroxylation is 2. The van der Waals surface area contributed by atoms with E-state index in [1.807, 2.05) is 39.8 Å². The molecule has 3 N–H and O–H groups in total. The zero-order chi connectivity index (χ0) is 12.1. The third kappa shape index (κ3) is 2.28. The molecule has 0 fully saturated rings. The molecule has 0 bridgehead atoms. The van der Waals surface area contributed by atoms with E-state index < -0.39 is 17.7 Å². The molecule has 0 saturated heterocycles. The lowest BCUT2D eigenvalue weighted by Crippen LogP contribution is -2.54. The minimum Gasteiger partial charge on any atom is -0.486 e. The highest BCUT2D eigenvalue weighted by atomic mass is 35.5. The van der Waals surface area contributed by atoms with Gasteiger partial charge in [-0.3, -0.25) is 0 Å². The molecule has 0 radical (unpaired) electrons. The topological polar surface area (TPSA) is 55.5 Å². The predicted molar refractivity (Wildman–Crippen MR) is 70.8 cm³/mol. The molecule has 1 aromatic carbocycles. The van der Waals surface area contributed by atoms with Gasteiger partial charge in [0.2, 0.25) is 0 Å². The molecular weight excluding hydrogens is 238 g/mol. The summed E-state index contributed by atoms with van der Waals surface area (Å²) in [5.41, 5.74) is 8.47. The van der Waals surface area contributed by atoms with Crippen molar-refractivity contribution < 1.29 is 9.84 Å². The zero-order valence-electron chi connectivity index (χ0n) is 10.7. The lowest BCUT2D eigenvalue weighted by Gasteiger charge is -2.41. The smallest absolute Gasteiger partial charge is 0.126 e. The third-order valence-corrected chi connectivity index (χ3v) is 3.30. The van der Waals surface area contributed by atoms with E-state index in [0.29, 0.717) is 0 Å². The second kappa shape index (κ2) is 4.48. The normalized spacial score (nSPS) is 25.5. The Balaban J connectivity index is 0.00000144. The van der Waals surface area contributed by atoms with E-state index in [0.717, 1.165) is 22.4 Å². The molecule has 1 aromatic rings. The van der Waals surface area contributed by atoms with Gasteiger partial charge in [-0.05, 0) is 44.9 Å². The van der Waals surface area contributed by atoms with Gasteiger partial charge in [0.05, 0.1) is 6.04 Å². The van der Waals surface area contributed by atoms with E-state index in [1.165, 1.54) is 0 Å². The summed E-state index contributed by atoms with van der Waals surface area (Å²) in [7, 11) is 0. The van der Waals surface area contributed by atoms with Crippen LogP contribution in [0.4, 0.5) is 0 Å². The second-order valence-electron chi connectivity index (χ2n) is 5.17. The minimum atomic E-state index is -0.653. The summed E-state index contributed by atoms with van der Waals surface area (Å²) in [5.74, 6) is 0.761. The summed E-state index contributed by atoms with van der Waals surface area (Å²) < 4.78 is 5.88. The Morgan fingerprint density at radius 3 is 2.47 bits per heavy atom.